The molecule has 2 aliphatic rings. The van der Waals surface area contributed by atoms with Crippen molar-refractivity contribution in [2.75, 3.05) is 34.8 Å². The van der Waals surface area contributed by atoms with Crippen LogP contribution in [0.4, 0.5) is 17.1 Å². The van der Waals surface area contributed by atoms with E-state index in [0.29, 0.717) is 30.8 Å². The third kappa shape index (κ3) is 4.39. The standard InChI is InChI=1S/C22H23N3O4/c26-20(23-16-8-10-17(11-9-16)24-12-2-6-21(24)27)15-29-19-5-1-4-18(14-19)25-13-3-7-22(25)28/h1,4-5,8-11,14H,2-3,6-7,12-13,15H2,(H,23,26). The zero-order chi connectivity index (χ0) is 20.2. The second kappa shape index (κ2) is 8.34. The van der Waals surface area contributed by atoms with Crippen LogP contribution in [0.5, 0.6) is 5.75 Å². The van der Waals surface area contributed by atoms with Crippen LogP contribution in [0.1, 0.15) is 25.7 Å². The van der Waals surface area contributed by atoms with Crippen molar-refractivity contribution in [3.63, 3.8) is 0 Å². The molecule has 0 atom stereocenters. The molecule has 0 bridgehead atoms. The Bertz CT molecular complexity index is 926. The molecule has 2 saturated heterocycles. The molecule has 7 nitrogen and oxygen atoms in total. The van der Waals surface area contributed by atoms with Gasteiger partial charge in [0.15, 0.2) is 6.61 Å². The number of benzene rings is 2. The number of nitrogens with zero attached hydrogens (tertiary/aromatic N) is 2. The van der Waals surface area contributed by atoms with Gasteiger partial charge in [0.05, 0.1) is 0 Å². The fourth-order valence-electron chi connectivity index (χ4n) is 3.65. The van der Waals surface area contributed by atoms with Gasteiger partial charge in [-0.2, -0.15) is 0 Å². The highest BCUT2D eigenvalue weighted by molar-refractivity contribution is 5.97. The first-order chi connectivity index (χ1) is 14.1. The minimum absolute atomic E-state index is 0.110. The summed E-state index contributed by atoms with van der Waals surface area (Å²) in [6.45, 7) is 1.31. The van der Waals surface area contributed by atoms with Crippen LogP contribution in [0.15, 0.2) is 48.5 Å². The predicted octanol–water partition coefficient (Wildman–Crippen LogP) is 2.96. The Kier molecular flexibility index (Phi) is 5.46. The van der Waals surface area contributed by atoms with E-state index in [4.69, 9.17) is 4.74 Å². The molecular formula is C22H23N3O4. The van der Waals surface area contributed by atoms with Crippen molar-refractivity contribution in [1.29, 1.82) is 0 Å². The third-order valence-corrected chi connectivity index (χ3v) is 5.11. The minimum atomic E-state index is -0.280. The van der Waals surface area contributed by atoms with E-state index in [0.717, 1.165) is 30.8 Å². The molecule has 0 aliphatic carbocycles. The van der Waals surface area contributed by atoms with Crippen molar-refractivity contribution >= 4 is 34.8 Å². The number of hydrogen-bond acceptors (Lipinski definition) is 4. The average Bonchev–Trinajstić information content (AvgIpc) is 3.35. The summed E-state index contributed by atoms with van der Waals surface area (Å²) in [6.07, 6.45) is 2.89. The summed E-state index contributed by atoms with van der Waals surface area (Å²) in [5.74, 6) is 0.505. The lowest BCUT2D eigenvalue weighted by atomic mass is 10.2. The number of rotatable bonds is 6. The maximum Gasteiger partial charge on any atom is 0.262 e. The fraction of sp³-hybridized carbons (Fsp3) is 0.318. The van der Waals surface area contributed by atoms with Crippen molar-refractivity contribution in [2.45, 2.75) is 25.7 Å². The zero-order valence-electron chi connectivity index (χ0n) is 16.1. The van der Waals surface area contributed by atoms with Crippen LogP contribution in [0.2, 0.25) is 0 Å². The van der Waals surface area contributed by atoms with Crippen LogP contribution in [-0.4, -0.2) is 37.4 Å². The highest BCUT2D eigenvalue weighted by Gasteiger charge is 2.22. The van der Waals surface area contributed by atoms with Crippen molar-refractivity contribution in [3.8, 4) is 5.75 Å². The first-order valence-corrected chi connectivity index (χ1v) is 9.84. The van der Waals surface area contributed by atoms with Gasteiger partial charge in [0.2, 0.25) is 11.8 Å². The van der Waals surface area contributed by atoms with Gasteiger partial charge in [-0.05, 0) is 49.2 Å². The quantitative estimate of drug-likeness (QED) is 0.818. The van der Waals surface area contributed by atoms with E-state index in [1.165, 1.54) is 0 Å². The number of carbonyl (C=O) groups excluding carboxylic acids is 3. The molecular weight excluding hydrogens is 370 g/mol. The number of amides is 3. The minimum Gasteiger partial charge on any atom is -0.484 e. The summed E-state index contributed by atoms with van der Waals surface area (Å²) in [5, 5.41) is 2.79. The Labute approximate surface area is 169 Å². The summed E-state index contributed by atoms with van der Waals surface area (Å²) >= 11 is 0. The Hall–Kier alpha value is -3.35. The second-order valence-electron chi connectivity index (χ2n) is 7.18. The zero-order valence-corrected chi connectivity index (χ0v) is 16.1. The lowest BCUT2D eigenvalue weighted by Gasteiger charge is -2.17. The molecule has 2 fully saturated rings. The first-order valence-electron chi connectivity index (χ1n) is 9.84. The molecule has 4 rings (SSSR count). The fourth-order valence-corrected chi connectivity index (χ4v) is 3.65. The summed E-state index contributed by atoms with van der Waals surface area (Å²) in [4.78, 5) is 39.4. The summed E-state index contributed by atoms with van der Waals surface area (Å²) in [5.41, 5.74) is 2.28. The summed E-state index contributed by atoms with van der Waals surface area (Å²) in [6, 6.07) is 14.4. The number of hydrogen-bond donors (Lipinski definition) is 1. The van der Waals surface area contributed by atoms with E-state index >= 15 is 0 Å². The number of nitrogens with one attached hydrogen (secondary N) is 1. The van der Waals surface area contributed by atoms with E-state index in [2.05, 4.69) is 5.32 Å². The van der Waals surface area contributed by atoms with Gasteiger partial charge in [-0.25, -0.2) is 0 Å². The molecule has 3 amide bonds. The van der Waals surface area contributed by atoms with Gasteiger partial charge in [-0.15, -0.1) is 0 Å². The monoisotopic (exact) mass is 393 g/mol. The third-order valence-electron chi connectivity index (χ3n) is 5.11. The van der Waals surface area contributed by atoms with E-state index in [9.17, 15) is 14.4 Å². The molecule has 0 spiro atoms. The first kappa shape index (κ1) is 19.0. The van der Waals surface area contributed by atoms with Crippen molar-refractivity contribution in [1.82, 2.24) is 0 Å². The van der Waals surface area contributed by atoms with Crippen molar-refractivity contribution in [2.24, 2.45) is 0 Å². The summed E-state index contributed by atoms with van der Waals surface area (Å²) in [7, 11) is 0. The lowest BCUT2D eigenvalue weighted by Crippen LogP contribution is -2.24. The number of anilines is 3. The number of ether oxygens (including phenoxy) is 1. The topological polar surface area (TPSA) is 79.0 Å². The summed E-state index contributed by atoms with van der Waals surface area (Å²) < 4.78 is 5.59. The van der Waals surface area contributed by atoms with E-state index in [1.807, 2.05) is 24.3 Å². The predicted molar refractivity (Wildman–Crippen MR) is 110 cm³/mol. The SMILES string of the molecule is O=C(COc1cccc(N2CCCC2=O)c1)Nc1ccc(N2CCCC2=O)cc1. The van der Waals surface area contributed by atoms with Gasteiger partial charge in [-0.1, -0.05) is 6.07 Å². The van der Waals surface area contributed by atoms with Gasteiger partial charge >= 0.3 is 0 Å². The van der Waals surface area contributed by atoms with E-state index in [1.54, 1.807) is 34.1 Å². The molecule has 1 N–H and O–H groups in total. The van der Waals surface area contributed by atoms with Crippen LogP contribution in [-0.2, 0) is 14.4 Å². The second-order valence-corrected chi connectivity index (χ2v) is 7.18. The van der Waals surface area contributed by atoms with Crippen LogP contribution in [0.25, 0.3) is 0 Å². The van der Waals surface area contributed by atoms with Gasteiger partial charge in [0.25, 0.3) is 5.91 Å². The molecule has 2 aromatic rings. The largest absolute Gasteiger partial charge is 0.484 e. The maximum atomic E-state index is 12.2. The molecule has 0 unspecified atom stereocenters. The van der Waals surface area contributed by atoms with Crippen LogP contribution < -0.4 is 19.9 Å². The highest BCUT2D eigenvalue weighted by atomic mass is 16.5. The van der Waals surface area contributed by atoms with Gasteiger partial charge in [0, 0.05) is 49.1 Å². The molecule has 0 saturated carbocycles. The lowest BCUT2D eigenvalue weighted by molar-refractivity contribution is -0.118. The molecule has 2 heterocycles. The molecule has 7 heteroatoms. The van der Waals surface area contributed by atoms with Crippen LogP contribution in [0.3, 0.4) is 0 Å². The Morgan fingerprint density at radius 3 is 2.17 bits per heavy atom. The molecule has 29 heavy (non-hydrogen) atoms. The van der Waals surface area contributed by atoms with Crippen molar-refractivity contribution < 1.29 is 19.1 Å². The average molecular weight is 393 g/mol. The maximum absolute atomic E-state index is 12.2. The smallest absolute Gasteiger partial charge is 0.262 e. The molecule has 0 radical (unpaired) electrons. The van der Waals surface area contributed by atoms with Gasteiger partial charge < -0.3 is 19.9 Å². The Balaban J connectivity index is 1.31. The van der Waals surface area contributed by atoms with E-state index < -0.39 is 0 Å². The molecule has 150 valence electrons. The molecule has 2 aliphatic heterocycles. The molecule has 2 aromatic carbocycles. The van der Waals surface area contributed by atoms with Gasteiger partial charge in [-0.3, -0.25) is 14.4 Å². The van der Waals surface area contributed by atoms with Crippen LogP contribution >= 0.6 is 0 Å². The Morgan fingerprint density at radius 2 is 1.55 bits per heavy atom. The highest BCUT2D eigenvalue weighted by Crippen LogP contribution is 2.26. The normalized spacial score (nSPS) is 16.4. The number of carbonyl (C=O) groups is 3. The van der Waals surface area contributed by atoms with Crippen molar-refractivity contribution in [3.05, 3.63) is 48.5 Å². The Morgan fingerprint density at radius 1 is 0.897 bits per heavy atom. The van der Waals surface area contributed by atoms with Crippen LogP contribution in [0, 0.1) is 0 Å². The van der Waals surface area contributed by atoms with Gasteiger partial charge in [0.1, 0.15) is 5.75 Å². The molecule has 0 aromatic heterocycles. The van der Waals surface area contributed by atoms with E-state index in [-0.39, 0.29) is 24.3 Å².